The van der Waals surface area contributed by atoms with E-state index < -0.39 is 5.91 Å². The molecule has 178 valence electrons. The molecule has 1 aliphatic heterocycles. The fourth-order valence-electron chi connectivity index (χ4n) is 4.67. The van der Waals surface area contributed by atoms with Gasteiger partial charge in [0.15, 0.2) is 5.82 Å². The van der Waals surface area contributed by atoms with Gasteiger partial charge in [-0.1, -0.05) is 0 Å². The average Bonchev–Trinajstić information content (AvgIpc) is 3.41. The van der Waals surface area contributed by atoms with Crippen molar-refractivity contribution in [2.75, 3.05) is 39.5 Å². The number of benzene rings is 1. The Hall–Kier alpha value is -3.30. The number of aromatic nitrogens is 4. The predicted octanol–water partition coefficient (Wildman–Crippen LogP) is 2.44. The van der Waals surface area contributed by atoms with Gasteiger partial charge in [0.25, 0.3) is 0 Å². The Kier molecular flexibility index (Phi) is 6.30. The monoisotopic (exact) mass is 462 g/mol. The summed E-state index contributed by atoms with van der Waals surface area (Å²) >= 11 is 0. The van der Waals surface area contributed by atoms with Crippen LogP contribution in [0.4, 0.5) is 0 Å². The molecule has 1 fully saturated rings. The van der Waals surface area contributed by atoms with Gasteiger partial charge in [-0.05, 0) is 44.0 Å². The lowest BCUT2D eigenvalue weighted by molar-refractivity contribution is 0.0358. The van der Waals surface area contributed by atoms with Gasteiger partial charge in [-0.3, -0.25) is 14.4 Å². The Morgan fingerprint density at radius 1 is 1.21 bits per heavy atom. The number of hydrogen-bond donors (Lipinski definition) is 1. The highest BCUT2D eigenvalue weighted by Crippen LogP contribution is 2.41. The van der Waals surface area contributed by atoms with Crippen molar-refractivity contribution in [1.82, 2.24) is 24.6 Å². The van der Waals surface area contributed by atoms with E-state index in [0.29, 0.717) is 30.2 Å². The number of aryl methyl sites for hydroxylation is 2. The van der Waals surface area contributed by atoms with Crippen LogP contribution in [-0.4, -0.2) is 70.0 Å². The minimum absolute atomic E-state index is 0.429. The zero-order valence-electron chi connectivity index (χ0n) is 19.7. The van der Waals surface area contributed by atoms with Gasteiger partial charge >= 0.3 is 0 Å². The quantitative estimate of drug-likeness (QED) is 0.401. The summed E-state index contributed by atoms with van der Waals surface area (Å²) in [4.78, 5) is 23.9. The minimum Gasteiger partial charge on any atom is -0.493 e. The number of fused-ring (bicyclic) bond motifs is 3. The summed E-state index contributed by atoms with van der Waals surface area (Å²) in [5.74, 6) is 0.869. The number of primary amides is 1. The summed E-state index contributed by atoms with van der Waals surface area (Å²) in [6.45, 7) is 9.77. The fraction of sp³-hybridized carbons (Fsp3) is 0.440. The number of carbonyl (C=O) groups excluding carboxylic acids is 1. The first kappa shape index (κ1) is 22.5. The van der Waals surface area contributed by atoms with Crippen molar-refractivity contribution in [3.63, 3.8) is 0 Å². The van der Waals surface area contributed by atoms with E-state index in [1.54, 1.807) is 6.07 Å². The maximum absolute atomic E-state index is 12.0. The number of ether oxygens (including phenoxy) is 2. The first-order chi connectivity index (χ1) is 16.5. The van der Waals surface area contributed by atoms with Gasteiger partial charge in [-0.25, -0.2) is 9.97 Å². The maximum atomic E-state index is 12.0. The summed E-state index contributed by atoms with van der Waals surface area (Å²) in [7, 11) is 0. The van der Waals surface area contributed by atoms with Crippen molar-refractivity contribution in [2.24, 2.45) is 5.73 Å². The molecule has 1 aliphatic carbocycles. The van der Waals surface area contributed by atoms with E-state index in [2.05, 4.69) is 15.0 Å². The molecule has 0 bridgehead atoms. The Morgan fingerprint density at radius 3 is 2.79 bits per heavy atom. The summed E-state index contributed by atoms with van der Waals surface area (Å²) in [5, 5.41) is 4.51. The number of nitrogens with zero attached hydrogens (tertiary/aromatic N) is 5. The van der Waals surface area contributed by atoms with Crippen molar-refractivity contribution >= 4 is 5.91 Å². The van der Waals surface area contributed by atoms with Crippen LogP contribution >= 0.6 is 0 Å². The van der Waals surface area contributed by atoms with E-state index in [1.807, 2.05) is 36.9 Å². The van der Waals surface area contributed by atoms with Crippen LogP contribution in [-0.2, 0) is 17.7 Å². The van der Waals surface area contributed by atoms with Gasteiger partial charge in [-0.15, -0.1) is 0 Å². The largest absolute Gasteiger partial charge is 0.493 e. The smallest absolute Gasteiger partial charge is 0.248 e. The Bertz CT molecular complexity index is 1220. The third kappa shape index (κ3) is 4.41. The molecule has 1 amide bonds. The van der Waals surface area contributed by atoms with Crippen molar-refractivity contribution in [3.8, 4) is 28.4 Å². The molecule has 9 nitrogen and oxygen atoms in total. The minimum atomic E-state index is -0.478. The Morgan fingerprint density at radius 2 is 2.03 bits per heavy atom. The van der Waals surface area contributed by atoms with E-state index in [-0.39, 0.29) is 0 Å². The van der Waals surface area contributed by atoms with Crippen LogP contribution < -0.4 is 10.5 Å². The zero-order chi connectivity index (χ0) is 23.7. The molecule has 2 N–H and O–H groups in total. The topological polar surface area (TPSA) is 108 Å². The average molecular weight is 463 g/mol. The lowest BCUT2D eigenvalue weighted by Crippen LogP contribution is -2.37. The number of morpholine rings is 1. The van der Waals surface area contributed by atoms with E-state index in [0.717, 1.165) is 79.6 Å². The lowest BCUT2D eigenvalue weighted by Gasteiger charge is -2.26. The number of rotatable bonds is 8. The molecule has 9 heteroatoms. The predicted molar refractivity (Wildman–Crippen MR) is 128 cm³/mol. The molecular formula is C25H30N6O3. The zero-order valence-corrected chi connectivity index (χ0v) is 19.7. The maximum Gasteiger partial charge on any atom is 0.248 e. The van der Waals surface area contributed by atoms with E-state index in [9.17, 15) is 4.79 Å². The van der Waals surface area contributed by atoms with Crippen molar-refractivity contribution in [2.45, 2.75) is 33.2 Å². The second-order valence-corrected chi connectivity index (χ2v) is 8.74. The summed E-state index contributed by atoms with van der Waals surface area (Å²) in [5.41, 5.74) is 11.7. The molecular weight excluding hydrogens is 432 g/mol. The van der Waals surface area contributed by atoms with Crippen LogP contribution in [0.1, 0.15) is 40.7 Å². The Balaban J connectivity index is 1.39. The fourth-order valence-corrected chi connectivity index (χ4v) is 4.67. The highest BCUT2D eigenvalue weighted by atomic mass is 16.5. The van der Waals surface area contributed by atoms with Gasteiger partial charge in [0.2, 0.25) is 5.91 Å². The van der Waals surface area contributed by atoms with Gasteiger partial charge in [0.05, 0.1) is 31.2 Å². The van der Waals surface area contributed by atoms with E-state index >= 15 is 0 Å². The standard InChI is InChI=1S/C25H30N6O3/c1-3-31-22(11-16(2)29-31)25-27-15-20-18-12-17(24(26)32)13-23(19(18)14-21(20)28-25)34-8-4-5-30-6-9-33-10-7-30/h11-13,15H,3-10,14H2,1-2H3,(H2,26,32). The summed E-state index contributed by atoms with van der Waals surface area (Å²) in [6, 6.07) is 5.58. The molecule has 3 aromatic rings. The van der Waals surface area contributed by atoms with Crippen LogP contribution in [0.5, 0.6) is 5.75 Å². The van der Waals surface area contributed by atoms with Crippen molar-refractivity contribution in [1.29, 1.82) is 0 Å². The number of carbonyl (C=O) groups is 1. The molecule has 2 aromatic heterocycles. The summed E-state index contributed by atoms with van der Waals surface area (Å²) in [6.07, 6.45) is 3.35. The number of amides is 1. The number of nitrogens with two attached hydrogens (primary N) is 1. The first-order valence-corrected chi connectivity index (χ1v) is 11.8. The molecule has 5 rings (SSSR count). The molecule has 1 aromatic carbocycles. The molecule has 3 heterocycles. The lowest BCUT2D eigenvalue weighted by atomic mass is 10.0. The van der Waals surface area contributed by atoms with Crippen LogP contribution in [0.15, 0.2) is 24.4 Å². The Labute approximate surface area is 198 Å². The molecule has 2 aliphatic rings. The second-order valence-electron chi connectivity index (χ2n) is 8.74. The first-order valence-electron chi connectivity index (χ1n) is 11.8. The van der Waals surface area contributed by atoms with E-state index in [1.165, 1.54) is 0 Å². The second kappa shape index (κ2) is 9.52. The van der Waals surface area contributed by atoms with Gasteiger partial charge in [-0.2, -0.15) is 5.10 Å². The third-order valence-corrected chi connectivity index (χ3v) is 6.41. The van der Waals surface area contributed by atoms with Crippen LogP contribution in [0.3, 0.4) is 0 Å². The highest BCUT2D eigenvalue weighted by Gasteiger charge is 2.27. The molecule has 0 radical (unpaired) electrons. The van der Waals surface area contributed by atoms with Crippen molar-refractivity contribution in [3.05, 3.63) is 46.9 Å². The molecule has 0 saturated carbocycles. The van der Waals surface area contributed by atoms with E-state index in [4.69, 9.17) is 20.2 Å². The van der Waals surface area contributed by atoms with Crippen molar-refractivity contribution < 1.29 is 14.3 Å². The normalized spacial score (nSPS) is 15.2. The molecule has 0 unspecified atom stereocenters. The SMILES string of the molecule is CCn1nc(C)cc1-c1ncc2c(n1)Cc1c(OCCCN3CCOCC3)cc(C(N)=O)cc1-2. The van der Waals surface area contributed by atoms with Crippen LogP contribution in [0.25, 0.3) is 22.6 Å². The van der Waals surface area contributed by atoms with Crippen LogP contribution in [0.2, 0.25) is 0 Å². The van der Waals surface area contributed by atoms with Crippen LogP contribution in [0, 0.1) is 6.92 Å². The third-order valence-electron chi connectivity index (χ3n) is 6.41. The molecule has 0 atom stereocenters. The molecule has 34 heavy (non-hydrogen) atoms. The van der Waals surface area contributed by atoms with Gasteiger partial charge < -0.3 is 15.2 Å². The van der Waals surface area contributed by atoms with Gasteiger partial charge in [0, 0.05) is 55.5 Å². The number of hydrogen-bond acceptors (Lipinski definition) is 7. The van der Waals surface area contributed by atoms with Gasteiger partial charge in [0.1, 0.15) is 11.4 Å². The molecule has 0 spiro atoms. The molecule has 1 saturated heterocycles. The summed E-state index contributed by atoms with van der Waals surface area (Å²) < 4.78 is 13.5. The highest BCUT2D eigenvalue weighted by molar-refractivity contribution is 5.96.